The van der Waals surface area contributed by atoms with Crippen molar-refractivity contribution in [3.8, 4) is 0 Å². The summed E-state index contributed by atoms with van der Waals surface area (Å²) < 4.78 is 5.79. The lowest BCUT2D eigenvalue weighted by Gasteiger charge is -2.35. The van der Waals surface area contributed by atoms with Crippen molar-refractivity contribution in [3.63, 3.8) is 0 Å². The minimum atomic E-state index is 0. The summed E-state index contributed by atoms with van der Waals surface area (Å²) in [6.07, 6.45) is 2.82. The molecule has 150 valence electrons. The fourth-order valence-corrected chi connectivity index (χ4v) is 4.37. The molecule has 3 atom stereocenters. The number of hydrogen-bond acceptors (Lipinski definition) is 4. The lowest BCUT2D eigenvalue weighted by Crippen LogP contribution is -2.47. The number of ether oxygens (including phenoxy) is 1. The second-order valence-electron chi connectivity index (χ2n) is 7.13. The molecule has 26 heavy (non-hydrogen) atoms. The highest BCUT2D eigenvalue weighted by atomic mass is 127. The third-order valence-corrected chi connectivity index (χ3v) is 5.37. The molecule has 0 spiro atoms. The first-order chi connectivity index (χ1) is 12.0. The average Bonchev–Trinajstić information content (AvgIpc) is 2.94. The molecule has 1 aliphatic rings. The van der Waals surface area contributed by atoms with E-state index in [1.54, 1.807) is 0 Å². The van der Waals surface area contributed by atoms with Crippen LogP contribution in [-0.4, -0.2) is 62.3 Å². The van der Waals surface area contributed by atoms with Gasteiger partial charge in [-0.15, -0.1) is 35.3 Å². The molecule has 0 saturated carbocycles. The van der Waals surface area contributed by atoms with Crippen LogP contribution in [0.3, 0.4) is 0 Å². The van der Waals surface area contributed by atoms with Crippen molar-refractivity contribution in [2.45, 2.75) is 58.8 Å². The highest BCUT2D eigenvalue weighted by Gasteiger charge is 2.21. The number of morpholine rings is 1. The summed E-state index contributed by atoms with van der Waals surface area (Å²) in [4.78, 5) is 9.64. The van der Waals surface area contributed by atoms with E-state index in [1.807, 2.05) is 18.4 Å². The van der Waals surface area contributed by atoms with Gasteiger partial charge in [-0.25, -0.2) is 0 Å². The third-order valence-electron chi connectivity index (χ3n) is 4.35. The first-order valence-corrected chi connectivity index (χ1v) is 10.2. The predicted molar refractivity (Wildman–Crippen MR) is 123 cm³/mol. The van der Waals surface area contributed by atoms with Crippen LogP contribution in [0.4, 0.5) is 0 Å². The molecule has 1 aromatic rings. The summed E-state index contributed by atoms with van der Waals surface area (Å²) in [6, 6.07) is 4.77. The van der Waals surface area contributed by atoms with Crippen molar-refractivity contribution < 1.29 is 4.74 Å². The van der Waals surface area contributed by atoms with Gasteiger partial charge in [-0.3, -0.25) is 9.89 Å². The van der Waals surface area contributed by atoms with Gasteiger partial charge < -0.3 is 15.4 Å². The first kappa shape index (κ1) is 23.7. The lowest BCUT2D eigenvalue weighted by molar-refractivity contribution is -0.0679. The maximum Gasteiger partial charge on any atom is 0.191 e. The Labute approximate surface area is 180 Å². The standard InChI is InChI=1S/C19H34N4OS.HI/c1-14(11-18-8-7-17(4)25-18)22-19(20-5)21-9-6-10-23-12-15(2)24-16(3)13-23;/h7-8,14-16H,6,9-13H2,1-5H3,(H2,20,21,22);1H. The van der Waals surface area contributed by atoms with Crippen molar-refractivity contribution in [2.24, 2.45) is 4.99 Å². The van der Waals surface area contributed by atoms with Crippen molar-refractivity contribution in [1.82, 2.24) is 15.5 Å². The molecule has 0 radical (unpaired) electrons. The Morgan fingerprint density at radius 2 is 2.04 bits per heavy atom. The van der Waals surface area contributed by atoms with E-state index in [0.29, 0.717) is 18.2 Å². The molecule has 1 aromatic heterocycles. The second kappa shape index (κ2) is 12.2. The van der Waals surface area contributed by atoms with Gasteiger partial charge in [0.05, 0.1) is 12.2 Å². The molecular formula is C19H35IN4OS. The average molecular weight is 494 g/mol. The Bertz CT molecular complexity index is 541. The molecule has 2 N–H and O–H groups in total. The van der Waals surface area contributed by atoms with Gasteiger partial charge in [0, 0.05) is 55.4 Å². The highest BCUT2D eigenvalue weighted by Crippen LogP contribution is 2.16. The molecule has 7 heteroatoms. The summed E-state index contributed by atoms with van der Waals surface area (Å²) >= 11 is 1.87. The number of nitrogens with zero attached hydrogens (tertiary/aromatic N) is 2. The number of thiophene rings is 1. The SMILES string of the molecule is CN=C(NCCCN1CC(C)OC(C)C1)NC(C)Cc1ccc(C)s1.I. The molecule has 0 aromatic carbocycles. The number of rotatable bonds is 7. The topological polar surface area (TPSA) is 48.9 Å². The minimum absolute atomic E-state index is 0. The molecule has 5 nitrogen and oxygen atoms in total. The van der Waals surface area contributed by atoms with Gasteiger partial charge in [-0.05, 0) is 46.2 Å². The second-order valence-corrected chi connectivity index (χ2v) is 8.50. The van der Waals surface area contributed by atoms with Crippen LogP contribution in [0.25, 0.3) is 0 Å². The van der Waals surface area contributed by atoms with Crippen LogP contribution < -0.4 is 10.6 Å². The molecule has 2 rings (SSSR count). The van der Waals surface area contributed by atoms with Crippen molar-refractivity contribution in [2.75, 3.05) is 33.2 Å². The summed E-state index contributed by atoms with van der Waals surface area (Å²) in [6.45, 7) is 12.8. The van der Waals surface area contributed by atoms with Crippen molar-refractivity contribution in [3.05, 3.63) is 21.9 Å². The molecule has 0 bridgehead atoms. The van der Waals surface area contributed by atoms with Gasteiger partial charge in [0.2, 0.25) is 0 Å². The Kier molecular flexibility index (Phi) is 11.1. The Hall–Kier alpha value is -0.380. The zero-order valence-electron chi connectivity index (χ0n) is 16.7. The molecule has 3 unspecified atom stereocenters. The van der Waals surface area contributed by atoms with Gasteiger partial charge in [0.25, 0.3) is 0 Å². The van der Waals surface area contributed by atoms with Gasteiger partial charge in [-0.2, -0.15) is 0 Å². The molecule has 0 aliphatic carbocycles. The van der Waals surface area contributed by atoms with Crippen LogP contribution in [0.1, 0.15) is 36.9 Å². The minimum Gasteiger partial charge on any atom is -0.373 e. The van der Waals surface area contributed by atoms with E-state index in [-0.39, 0.29) is 24.0 Å². The summed E-state index contributed by atoms with van der Waals surface area (Å²) in [5.74, 6) is 0.893. The van der Waals surface area contributed by atoms with E-state index in [9.17, 15) is 0 Å². The van der Waals surface area contributed by atoms with E-state index in [1.165, 1.54) is 9.75 Å². The largest absolute Gasteiger partial charge is 0.373 e. The van der Waals surface area contributed by atoms with E-state index < -0.39 is 0 Å². The van der Waals surface area contributed by atoms with Gasteiger partial charge in [0.15, 0.2) is 5.96 Å². The summed E-state index contributed by atoms with van der Waals surface area (Å²) in [5.41, 5.74) is 0. The summed E-state index contributed by atoms with van der Waals surface area (Å²) in [7, 11) is 1.84. The maximum atomic E-state index is 5.79. The van der Waals surface area contributed by atoms with Crippen LogP contribution in [0.5, 0.6) is 0 Å². The highest BCUT2D eigenvalue weighted by molar-refractivity contribution is 14.0. The van der Waals surface area contributed by atoms with Crippen molar-refractivity contribution >= 4 is 41.3 Å². The molecule has 2 heterocycles. The summed E-state index contributed by atoms with van der Waals surface area (Å²) in [5, 5.41) is 6.93. The van der Waals surface area contributed by atoms with Gasteiger partial charge in [-0.1, -0.05) is 0 Å². The number of guanidine groups is 1. The quantitative estimate of drug-likeness (QED) is 0.265. The van der Waals surface area contributed by atoms with Crippen LogP contribution in [0.2, 0.25) is 0 Å². The van der Waals surface area contributed by atoms with E-state index in [2.05, 4.69) is 60.4 Å². The third kappa shape index (κ3) is 8.54. The zero-order chi connectivity index (χ0) is 18.2. The van der Waals surface area contributed by atoms with E-state index >= 15 is 0 Å². The Morgan fingerprint density at radius 1 is 1.35 bits per heavy atom. The molecular weight excluding hydrogens is 459 g/mol. The number of hydrogen-bond donors (Lipinski definition) is 2. The maximum absolute atomic E-state index is 5.79. The smallest absolute Gasteiger partial charge is 0.191 e. The normalized spacial score (nSPS) is 22.6. The number of aliphatic imine (C=N–C) groups is 1. The van der Waals surface area contributed by atoms with Crippen LogP contribution in [0.15, 0.2) is 17.1 Å². The fraction of sp³-hybridized carbons (Fsp3) is 0.737. The van der Waals surface area contributed by atoms with Crippen molar-refractivity contribution in [1.29, 1.82) is 0 Å². The molecule has 1 fully saturated rings. The van der Waals surface area contributed by atoms with E-state index in [0.717, 1.165) is 45.0 Å². The molecule has 1 saturated heterocycles. The van der Waals surface area contributed by atoms with Gasteiger partial charge >= 0.3 is 0 Å². The molecule has 0 amide bonds. The fourth-order valence-electron chi connectivity index (χ4n) is 3.35. The number of aryl methyl sites for hydroxylation is 1. The lowest BCUT2D eigenvalue weighted by atomic mass is 10.2. The van der Waals surface area contributed by atoms with Crippen LogP contribution >= 0.6 is 35.3 Å². The van der Waals surface area contributed by atoms with Crippen LogP contribution in [0, 0.1) is 6.92 Å². The van der Waals surface area contributed by atoms with E-state index in [4.69, 9.17) is 4.74 Å². The monoisotopic (exact) mass is 494 g/mol. The number of halogens is 1. The number of nitrogens with one attached hydrogen (secondary N) is 2. The Morgan fingerprint density at radius 3 is 2.62 bits per heavy atom. The predicted octanol–water partition coefficient (Wildman–Crippen LogP) is 3.27. The molecule has 1 aliphatic heterocycles. The zero-order valence-corrected chi connectivity index (χ0v) is 19.9. The van der Waals surface area contributed by atoms with Crippen LogP contribution in [-0.2, 0) is 11.2 Å². The Balaban J connectivity index is 0.00000338. The first-order valence-electron chi connectivity index (χ1n) is 9.36. The van der Waals surface area contributed by atoms with Gasteiger partial charge in [0.1, 0.15) is 0 Å².